The van der Waals surface area contributed by atoms with Crippen LogP contribution in [0.25, 0.3) is 0 Å². The van der Waals surface area contributed by atoms with Gasteiger partial charge < -0.3 is 19.7 Å². The summed E-state index contributed by atoms with van der Waals surface area (Å²) in [6, 6.07) is 15.2. The zero-order valence-electron chi connectivity index (χ0n) is 19.2. The summed E-state index contributed by atoms with van der Waals surface area (Å²) in [5, 5.41) is 2.99. The molecule has 1 N–H and O–H groups in total. The van der Waals surface area contributed by atoms with Gasteiger partial charge in [0.25, 0.3) is 5.91 Å². The lowest BCUT2D eigenvalue weighted by Crippen LogP contribution is -2.35. The highest BCUT2D eigenvalue weighted by Crippen LogP contribution is 2.32. The second-order valence-electron chi connectivity index (χ2n) is 8.19. The van der Waals surface area contributed by atoms with E-state index in [1.165, 1.54) is 6.92 Å². The molecule has 34 heavy (non-hydrogen) atoms. The van der Waals surface area contributed by atoms with Gasteiger partial charge in [0.1, 0.15) is 11.6 Å². The van der Waals surface area contributed by atoms with Crippen LogP contribution in [0.5, 0.6) is 11.5 Å². The summed E-state index contributed by atoms with van der Waals surface area (Å²) >= 11 is 6.26. The van der Waals surface area contributed by atoms with Gasteiger partial charge in [-0.05, 0) is 42.2 Å². The van der Waals surface area contributed by atoms with Gasteiger partial charge in [0.15, 0.2) is 17.1 Å². The summed E-state index contributed by atoms with van der Waals surface area (Å²) in [6.45, 7) is 1.29. The molecular weight excluding hydrogens is 456 g/mol. The summed E-state index contributed by atoms with van der Waals surface area (Å²) in [4.78, 5) is 34.6. The molecule has 1 aromatic heterocycles. The third kappa shape index (κ3) is 5.46. The molecule has 1 atom stereocenters. The van der Waals surface area contributed by atoms with Crippen molar-refractivity contribution in [2.75, 3.05) is 24.3 Å². The Balaban J connectivity index is 1.42. The number of fused-ring (bicyclic) bond motifs is 1. The Morgan fingerprint density at radius 1 is 1.15 bits per heavy atom. The van der Waals surface area contributed by atoms with Crippen molar-refractivity contribution in [3.8, 4) is 11.5 Å². The Hall–Kier alpha value is -3.65. The maximum Gasteiger partial charge on any atom is 0.308 e. The first-order chi connectivity index (χ1) is 16.3. The molecule has 0 radical (unpaired) electrons. The van der Waals surface area contributed by atoms with Gasteiger partial charge in [-0.3, -0.25) is 9.59 Å². The second kappa shape index (κ2) is 10.1. The van der Waals surface area contributed by atoms with Crippen molar-refractivity contribution in [1.82, 2.24) is 9.97 Å². The first-order valence-corrected chi connectivity index (χ1v) is 11.2. The van der Waals surface area contributed by atoms with Crippen molar-refractivity contribution in [1.29, 1.82) is 0 Å². The normalized spacial score (nSPS) is 14.5. The Morgan fingerprint density at radius 2 is 1.88 bits per heavy atom. The van der Waals surface area contributed by atoms with Crippen LogP contribution in [0.3, 0.4) is 0 Å². The number of anilines is 2. The third-order valence-electron chi connectivity index (χ3n) is 5.32. The lowest BCUT2D eigenvalue weighted by Gasteiger charge is -2.25. The molecule has 0 saturated carbocycles. The van der Waals surface area contributed by atoms with E-state index < -0.39 is 12.1 Å². The molecule has 1 aliphatic heterocycles. The van der Waals surface area contributed by atoms with Gasteiger partial charge in [-0.1, -0.05) is 41.9 Å². The van der Waals surface area contributed by atoms with Crippen LogP contribution in [0.15, 0.2) is 48.5 Å². The van der Waals surface area contributed by atoms with Crippen molar-refractivity contribution >= 4 is 35.0 Å². The Kier molecular flexibility index (Phi) is 6.98. The number of carbonyl (C=O) groups is 2. The molecule has 0 aliphatic carbocycles. The predicted molar refractivity (Wildman–Crippen MR) is 130 cm³/mol. The van der Waals surface area contributed by atoms with E-state index in [0.717, 1.165) is 23.3 Å². The molecule has 2 aromatic carbocycles. The van der Waals surface area contributed by atoms with Crippen molar-refractivity contribution in [3.05, 3.63) is 70.6 Å². The van der Waals surface area contributed by atoms with Crippen molar-refractivity contribution in [2.24, 2.45) is 0 Å². The van der Waals surface area contributed by atoms with Crippen LogP contribution in [0, 0.1) is 0 Å². The van der Waals surface area contributed by atoms with Gasteiger partial charge in [-0.25, -0.2) is 9.97 Å². The molecule has 0 bridgehead atoms. The first-order valence-electron chi connectivity index (χ1n) is 10.9. The van der Waals surface area contributed by atoms with Crippen LogP contribution in [-0.2, 0) is 22.4 Å². The number of nitrogens with one attached hydrogen (secondary N) is 1. The molecule has 9 heteroatoms. The number of amides is 1. The number of aromatic nitrogens is 2. The van der Waals surface area contributed by atoms with E-state index in [1.54, 1.807) is 19.0 Å². The second-order valence-corrected chi connectivity index (χ2v) is 8.55. The quantitative estimate of drug-likeness (QED) is 0.420. The van der Waals surface area contributed by atoms with Crippen molar-refractivity contribution in [2.45, 2.75) is 32.3 Å². The Labute approximate surface area is 202 Å². The van der Waals surface area contributed by atoms with Gasteiger partial charge in [-0.15, -0.1) is 0 Å². The van der Waals surface area contributed by atoms with Crippen LogP contribution in [0.2, 0.25) is 5.15 Å². The number of halogens is 1. The average Bonchev–Trinajstić information content (AvgIpc) is 2.81. The van der Waals surface area contributed by atoms with E-state index in [1.807, 2.05) is 48.5 Å². The first kappa shape index (κ1) is 23.5. The standard InChI is InChI=1S/C25H25ClN4O4/c1-15(31)33-22-23(26)28-21(29-24(22)30(2)3)14-16-8-11-18(12-9-16)27-25(32)20-13-10-17-6-4-5-7-19(17)34-20/h4-9,11-12,20H,10,13-14H2,1-3H3,(H,27,32)/t20-/m0/s1. The summed E-state index contributed by atoms with van der Waals surface area (Å²) in [5.74, 6) is 1.13. The highest BCUT2D eigenvalue weighted by molar-refractivity contribution is 6.31. The van der Waals surface area contributed by atoms with Crippen LogP contribution >= 0.6 is 11.6 Å². The van der Waals surface area contributed by atoms with Crippen LogP contribution in [0.1, 0.15) is 30.3 Å². The zero-order chi connectivity index (χ0) is 24.2. The fourth-order valence-corrected chi connectivity index (χ4v) is 3.91. The highest BCUT2D eigenvalue weighted by Gasteiger charge is 2.26. The highest BCUT2D eigenvalue weighted by atomic mass is 35.5. The summed E-state index contributed by atoms with van der Waals surface area (Å²) < 4.78 is 11.0. The molecule has 0 fully saturated rings. The number of esters is 1. The number of hydrogen-bond donors (Lipinski definition) is 1. The largest absolute Gasteiger partial charge is 0.480 e. The molecule has 1 aliphatic rings. The predicted octanol–water partition coefficient (Wildman–Crippen LogP) is 4.04. The molecule has 2 heterocycles. The number of benzene rings is 2. The molecule has 0 unspecified atom stereocenters. The lowest BCUT2D eigenvalue weighted by molar-refractivity contribution is -0.131. The molecule has 1 amide bonds. The summed E-state index contributed by atoms with van der Waals surface area (Å²) in [7, 11) is 3.56. The smallest absolute Gasteiger partial charge is 0.308 e. The fraction of sp³-hybridized carbons (Fsp3) is 0.280. The maximum absolute atomic E-state index is 12.7. The van der Waals surface area contributed by atoms with Gasteiger partial charge in [0.05, 0.1) is 0 Å². The maximum atomic E-state index is 12.7. The SMILES string of the molecule is CC(=O)Oc1c(Cl)nc(Cc2ccc(NC(=O)[C@@H]3CCc4ccccc4O3)cc2)nc1N(C)C. The minimum atomic E-state index is -0.523. The third-order valence-corrected chi connectivity index (χ3v) is 5.57. The summed E-state index contributed by atoms with van der Waals surface area (Å²) in [5.41, 5.74) is 2.73. The fourth-order valence-electron chi connectivity index (χ4n) is 3.69. The van der Waals surface area contributed by atoms with E-state index in [9.17, 15) is 9.59 Å². The molecular formula is C25H25ClN4O4. The number of para-hydroxylation sites is 1. The molecule has 0 saturated heterocycles. The van der Waals surface area contributed by atoms with E-state index in [0.29, 0.717) is 30.2 Å². The minimum absolute atomic E-state index is 0.0711. The number of carbonyl (C=O) groups excluding carboxylic acids is 2. The van der Waals surface area contributed by atoms with Crippen molar-refractivity contribution < 1.29 is 19.1 Å². The van der Waals surface area contributed by atoms with Crippen molar-refractivity contribution in [3.63, 3.8) is 0 Å². The zero-order valence-corrected chi connectivity index (χ0v) is 19.9. The van der Waals surface area contributed by atoms with Crippen LogP contribution in [0.4, 0.5) is 11.5 Å². The molecule has 4 rings (SSSR count). The number of rotatable bonds is 6. The van der Waals surface area contributed by atoms with E-state index in [4.69, 9.17) is 21.1 Å². The number of ether oxygens (including phenoxy) is 2. The van der Waals surface area contributed by atoms with E-state index in [2.05, 4.69) is 15.3 Å². The van der Waals surface area contributed by atoms with E-state index >= 15 is 0 Å². The monoisotopic (exact) mass is 480 g/mol. The van der Waals surface area contributed by atoms with Gasteiger partial charge in [0.2, 0.25) is 5.75 Å². The minimum Gasteiger partial charge on any atom is -0.480 e. The lowest BCUT2D eigenvalue weighted by atomic mass is 10.0. The summed E-state index contributed by atoms with van der Waals surface area (Å²) in [6.07, 6.45) is 1.33. The molecule has 3 aromatic rings. The van der Waals surface area contributed by atoms with Crippen LogP contribution < -0.4 is 19.7 Å². The molecule has 176 valence electrons. The van der Waals surface area contributed by atoms with Gasteiger partial charge in [-0.2, -0.15) is 0 Å². The Bertz CT molecular complexity index is 1210. The van der Waals surface area contributed by atoms with Gasteiger partial charge >= 0.3 is 5.97 Å². The molecule has 8 nitrogen and oxygen atoms in total. The van der Waals surface area contributed by atoms with Gasteiger partial charge in [0, 0.05) is 33.1 Å². The Morgan fingerprint density at radius 3 is 2.59 bits per heavy atom. The average molecular weight is 481 g/mol. The van der Waals surface area contributed by atoms with E-state index in [-0.39, 0.29) is 16.8 Å². The number of hydrogen-bond acceptors (Lipinski definition) is 7. The number of nitrogens with zero attached hydrogens (tertiary/aromatic N) is 3. The topological polar surface area (TPSA) is 93.6 Å². The molecule has 0 spiro atoms. The van der Waals surface area contributed by atoms with Crippen LogP contribution in [-0.4, -0.2) is 42.0 Å². The number of aryl methyl sites for hydroxylation is 1.